The predicted octanol–water partition coefficient (Wildman–Crippen LogP) is 3.02. The van der Waals surface area contributed by atoms with Crippen LogP contribution in [0.25, 0.3) is 0 Å². The number of hydrogen-bond donors (Lipinski definition) is 1. The van der Waals surface area contributed by atoms with E-state index in [2.05, 4.69) is 12.2 Å². The van der Waals surface area contributed by atoms with E-state index in [4.69, 9.17) is 25.8 Å². The van der Waals surface area contributed by atoms with Gasteiger partial charge in [-0.15, -0.1) is 0 Å². The van der Waals surface area contributed by atoms with Crippen molar-refractivity contribution in [1.29, 1.82) is 0 Å². The normalized spacial score (nSPS) is 20.3. The molecule has 0 atom stereocenters. The van der Waals surface area contributed by atoms with Gasteiger partial charge in [0.05, 0.1) is 5.02 Å². The van der Waals surface area contributed by atoms with Crippen LogP contribution in [0.5, 0.6) is 11.5 Å². The van der Waals surface area contributed by atoms with E-state index in [0.717, 1.165) is 50.5 Å². The summed E-state index contributed by atoms with van der Waals surface area (Å²) in [7, 11) is 0. The first-order chi connectivity index (χ1) is 10.2. The lowest BCUT2D eigenvalue weighted by atomic mass is 9.82. The lowest BCUT2D eigenvalue weighted by Gasteiger charge is -2.33. The van der Waals surface area contributed by atoms with Crippen LogP contribution >= 0.6 is 11.6 Å². The standard InChI is InChI=1S/C16H22ClNO3/c1-16(2-4-19-5-3-16)11-18-10-12-8-13(17)15-14(9-12)20-6-7-21-15/h8-9,18H,2-7,10-11H2,1H3. The second-order valence-electron chi connectivity index (χ2n) is 6.13. The first-order valence-electron chi connectivity index (χ1n) is 7.53. The van der Waals surface area contributed by atoms with E-state index in [-0.39, 0.29) is 0 Å². The highest BCUT2D eigenvalue weighted by Gasteiger charge is 2.26. The van der Waals surface area contributed by atoms with E-state index < -0.39 is 0 Å². The fourth-order valence-corrected chi connectivity index (χ4v) is 3.10. The molecule has 1 aromatic carbocycles. The maximum atomic E-state index is 6.25. The Morgan fingerprint density at radius 3 is 2.71 bits per heavy atom. The highest BCUT2D eigenvalue weighted by Crippen LogP contribution is 2.38. The molecular formula is C16H22ClNO3. The first kappa shape index (κ1) is 14.9. The third kappa shape index (κ3) is 3.62. The summed E-state index contributed by atoms with van der Waals surface area (Å²) in [6.07, 6.45) is 2.23. The molecule has 1 aromatic rings. The summed E-state index contributed by atoms with van der Waals surface area (Å²) in [6.45, 7) is 6.97. The lowest BCUT2D eigenvalue weighted by Crippen LogP contribution is -2.36. The van der Waals surface area contributed by atoms with Gasteiger partial charge in [0.15, 0.2) is 11.5 Å². The van der Waals surface area contributed by atoms with Crippen LogP contribution in [-0.4, -0.2) is 33.0 Å². The summed E-state index contributed by atoms with van der Waals surface area (Å²) < 4.78 is 16.6. The molecule has 2 aliphatic heterocycles. The smallest absolute Gasteiger partial charge is 0.179 e. The van der Waals surface area contributed by atoms with Gasteiger partial charge in [0.25, 0.3) is 0 Å². The predicted molar refractivity (Wildman–Crippen MR) is 82.3 cm³/mol. The molecule has 0 unspecified atom stereocenters. The zero-order chi connectivity index (χ0) is 14.7. The topological polar surface area (TPSA) is 39.7 Å². The van der Waals surface area contributed by atoms with Crippen molar-refractivity contribution in [3.63, 3.8) is 0 Å². The van der Waals surface area contributed by atoms with Crippen molar-refractivity contribution in [2.24, 2.45) is 5.41 Å². The van der Waals surface area contributed by atoms with Gasteiger partial charge in [-0.3, -0.25) is 0 Å². The Morgan fingerprint density at radius 2 is 1.90 bits per heavy atom. The highest BCUT2D eigenvalue weighted by atomic mass is 35.5. The molecule has 1 saturated heterocycles. The molecule has 3 rings (SSSR count). The van der Waals surface area contributed by atoms with E-state index in [1.54, 1.807) is 0 Å². The van der Waals surface area contributed by atoms with Crippen molar-refractivity contribution in [2.45, 2.75) is 26.3 Å². The summed E-state index contributed by atoms with van der Waals surface area (Å²) in [5.74, 6) is 1.42. The van der Waals surface area contributed by atoms with E-state index in [1.807, 2.05) is 12.1 Å². The van der Waals surface area contributed by atoms with Crippen molar-refractivity contribution in [3.8, 4) is 11.5 Å². The molecule has 2 heterocycles. The molecule has 0 bridgehead atoms. The van der Waals surface area contributed by atoms with Crippen LogP contribution in [0.15, 0.2) is 12.1 Å². The Hall–Kier alpha value is -0.970. The summed E-state index contributed by atoms with van der Waals surface area (Å²) in [5, 5.41) is 4.16. The molecule has 5 heteroatoms. The molecule has 0 amide bonds. The third-order valence-corrected chi connectivity index (χ3v) is 4.52. The molecule has 116 valence electrons. The van der Waals surface area contributed by atoms with Gasteiger partial charge in [-0.25, -0.2) is 0 Å². The summed E-state index contributed by atoms with van der Waals surface area (Å²) in [6, 6.07) is 3.97. The largest absolute Gasteiger partial charge is 0.486 e. The minimum Gasteiger partial charge on any atom is -0.486 e. The Bertz CT molecular complexity index is 501. The second kappa shape index (κ2) is 6.42. The Kier molecular flexibility index (Phi) is 4.57. The maximum absolute atomic E-state index is 6.25. The first-order valence-corrected chi connectivity index (χ1v) is 7.91. The molecular weight excluding hydrogens is 290 g/mol. The van der Waals surface area contributed by atoms with E-state index in [0.29, 0.717) is 29.4 Å². The number of nitrogens with one attached hydrogen (secondary N) is 1. The zero-order valence-electron chi connectivity index (χ0n) is 12.4. The maximum Gasteiger partial charge on any atom is 0.179 e. The summed E-state index contributed by atoms with van der Waals surface area (Å²) >= 11 is 6.25. The fraction of sp³-hybridized carbons (Fsp3) is 0.625. The van der Waals surface area contributed by atoms with Gasteiger partial charge in [0, 0.05) is 26.3 Å². The highest BCUT2D eigenvalue weighted by molar-refractivity contribution is 6.32. The van der Waals surface area contributed by atoms with Gasteiger partial charge in [-0.05, 0) is 36.0 Å². The minimum absolute atomic E-state index is 0.329. The molecule has 4 nitrogen and oxygen atoms in total. The summed E-state index contributed by atoms with van der Waals surface area (Å²) in [5.41, 5.74) is 1.45. The van der Waals surface area contributed by atoms with Crippen molar-refractivity contribution < 1.29 is 14.2 Å². The van der Waals surface area contributed by atoms with Crippen molar-refractivity contribution >= 4 is 11.6 Å². The van der Waals surface area contributed by atoms with Crippen LogP contribution < -0.4 is 14.8 Å². The van der Waals surface area contributed by atoms with Crippen LogP contribution in [0.2, 0.25) is 5.02 Å². The SMILES string of the molecule is CC1(CNCc2cc(Cl)c3c(c2)OCCO3)CCOCC1. The molecule has 1 fully saturated rings. The Balaban J connectivity index is 1.59. The number of fused-ring (bicyclic) bond motifs is 1. The van der Waals surface area contributed by atoms with Gasteiger partial charge in [0.1, 0.15) is 13.2 Å². The van der Waals surface area contributed by atoms with Gasteiger partial charge in [-0.1, -0.05) is 18.5 Å². The average molecular weight is 312 g/mol. The van der Waals surface area contributed by atoms with Crippen molar-refractivity contribution in [1.82, 2.24) is 5.32 Å². The van der Waals surface area contributed by atoms with E-state index in [9.17, 15) is 0 Å². The van der Waals surface area contributed by atoms with Crippen LogP contribution in [0, 0.1) is 5.41 Å². The van der Waals surface area contributed by atoms with E-state index in [1.165, 1.54) is 0 Å². The van der Waals surface area contributed by atoms with Gasteiger partial charge < -0.3 is 19.5 Å². The van der Waals surface area contributed by atoms with Crippen LogP contribution in [0.4, 0.5) is 0 Å². The Labute approximate surface area is 130 Å². The van der Waals surface area contributed by atoms with Crippen molar-refractivity contribution in [2.75, 3.05) is 33.0 Å². The van der Waals surface area contributed by atoms with Crippen molar-refractivity contribution in [3.05, 3.63) is 22.7 Å². The number of ether oxygens (including phenoxy) is 3. The monoisotopic (exact) mass is 311 g/mol. The van der Waals surface area contributed by atoms with Crippen LogP contribution in [-0.2, 0) is 11.3 Å². The fourth-order valence-electron chi connectivity index (χ4n) is 2.82. The molecule has 0 spiro atoms. The molecule has 0 aromatic heterocycles. The average Bonchev–Trinajstić information content (AvgIpc) is 2.48. The molecule has 1 N–H and O–H groups in total. The Morgan fingerprint density at radius 1 is 1.14 bits per heavy atom. The number of hydrogen-bond acceptors (Lipinski definition) is 4. The van der Waals surface area contributed by atoms with Gasteiger partial charge >= 0.3 is 0 Å². The lowest BCUT2D eigenvalue weighted by molar-refractivity contribution is 0.0240. The molecule has 2 aliphatic rings. The molecule has 0 aliphatic carbocycles. The number of rotatable bonds is 4. The van der Waals surface area contributed by atoms with Gasteiger partial charge in [-0.2, -0.15) is 0 Å². The molecule has 0 radical (unpaired) electrons. The van der Waals surface area contributed by atoms with E-state index >= 15 is 0 Å². The number of benzene rings is 1. The second-order valence-corrected chi connectivity index (χ2v) is 6.54. The third-order valence-electron chi connectivity index (χ3n) is 4.24. The minimum atomic E-state index is 0.329. The van der Waals surface area contributed by atoms with Gasteiger partial charge in [0.2, 0.25) is 0 Å². The van der Waals surface area contributed by atoms with Crippen LogP contribution in [0.1, 0.15) is 25.3 Å². The number of halogens is 1. The molecule has 0 saturated carbocycles. The molecule has 21 heavy (non-hydrogen) atoms. The quantitative estimate of drug-likeness (QED) is 0.928. The zero-order valence-corrected chi connectivity index (χ0v) is 13.2. The summed E-state index contributed by atoms with van der Waals surface area (Å²) in [4.78, 5) is 0. The van der Waals surface area contributed by atoms with Crippen LogP contribution in [0.3, 0.4) is 0 Å².